The summed E-state index contributed by atoms with van der Waals surface area (Å²) < 4.78 is 39.2. The Morgan fingerprint density at radius 3 is 2.50 bits per heavy atom. The molecule has 2 aromatic heterocycles. The minimum absolute atomic E-state index is 0.0153. The van der Waals surface area contributed by atoms with E-state index in [4.69, 9.17) is 5.73 Å². The predicted octanol–water partition coefficient (Wildman–Crippen LogP) is 6.06. The summed E-state index contributed by atoms with van der Waals surface area (Å²) in [7, 11) is 0. The van der Waals surface area contributed by atoms with Crippen molar-refractivity contribution >= 4 is 50.6 Å². The number of hydrogen-bond acceptors (Lipinski definition) is 6. The number of carbonyl (C=O) groups excluding carboxylic acids is 2. The molecule has 36 heavy (non-hydrogen) atoms. The topological polar surface area (TPSA) is 110 Å². The molecule has 2 heterocycles. The van der Waals surface area contributed by atoms with Crippen molar-refractivity contribution in [3.63, 3.8) is 0 Å². The molecule has 4 rings (SSSR count). The lowest BCUT2D eigenvalue weighted by Gasteiger charge is -2.16. The third-order valence-corrected chi connectivity index (χ3v) is 6.58. The number of thiophene rings is 1. The maximum absolute atomic E-state index is 13.1. The Labute approximate surface area is 208 Å². The highest BCUT2D eigenvalue weighted by Gasteiger charge is 2.30. The fourth-order valence-electron chi connectivity index (χ4n) is 3.75. The number of benzene rings is 2. The Morgan fingerprint density at radius 1 is 1.06 bits per heavy atom. The molecule has 2 amide bonds. The Balaban J connectivity index is 1.65. The van der Waals surface area contributed by atoms with E-state index >= 15 is 0 Å². The average molecular weight is 514 g/mol. The largest absolute Gasteiger partial charge is 0.416 e. The normalized spacial score (nSPS) is 11.5. The molecule has 0 aliphatic rings. The lowest BCUT2D eigenvalue weighted by Crippen LogP contribution is -2.18. The van der Waals surface area contributed by atoms with Crippen molar-refractivity contribution in [3.8, 4) is 0 Å². The highest BCUT2D eigenvalue weighted by atomic mass is 32.1. The van der Waals surface area contributed by atoms with Gasteiger partial charge in [-0.25, -0.2) is 9.97 Å². The molecule has 0 radical (unpaired) electrons. The van der Waals surface area contributed by atoms with E-state index in [2.05, 4.69) is 20.6 Å². The van der Waals surface area contributed by atoms with Crippen LogP contribution in [0.2, 0.25) is 0 Å². The van der Waals surface area contributed by atoms with Crippen LogP contribution in [0.3, 0.4) is 0 Å². The zero-order valence-electron chi connectivity index (χ0n) is 19.4. The smallest absolute Gasteiger partial charge is 0.396 e. The van der Waals surface area contributed by atoms with Crippen LogP contribution < -0.4 is 16.4 Å². The number of aromatic nitrogens is 2. The van der Waals surface area contributed by atoms with Gasteiger partial charge in [0.15, 0.2) is 0 Å². The molecule has 0 aliphatic carbocycles. The van der Waals surface area contributed by atoms with Crippen LogP contribution in [-0.2, 0) is 12.6 Å². The van der Waals surface area contributed by atoms with E-state index in [1.807, 2.05) is 6.92 Å². The average Bonchev–Trinajstić information content (AvgIpc) is 3.17. The number of amides is 2. The van der Waals surface area contributed by atoms with Crippen LogP contribution in [-0.4, -0.2) is 21.8 Å². The van der Waals surface area contributed by atoms with E-state index in [0.717, 1.165) is 35.5 Å². The van der Waals surface area contributed by atoms with Crippen molar-refractivity contribution < 1.29 is 22.8 Å². The van der Waals surface area contributed by atoms with Gasteiger partial charge in [-0.1, -0.05) is 25.5 Å². The zero-order chi connectivity index (χ0) is 26.0. The molecular formula is C25H22F3N5O2S. The van der Waals surface area contributed by atoms with Crippen LogP contribution in [0.5, 0.6) is 0 Å². The van der Waals surface area contributed by atoms with E-state index in [9.17, 15) is 22.8 Å². The molecule has 7 nitrogen and oxygen atoms in total. The maximum atomic E-state index is 13.1. The molecule has 0 fully saturated rings. The van der Waals surface area contributed by atoms with Gasteiger partial charge in [0.1, 0.15) is 15.2 Å². The zero-order valence-corrected chi connectivity index (χ0v) is 20.2. The minimum atomic E-state index is -4.53. The molecule has 0 bridgehead atoms. The number of nitrogens with zero attached hydrogens (tertiary/aromatic N) is 2. The Bertz CT molecular complexity index is 1470. The van der Waals surface area contributed by atoms with Gasteiger partial charge in [0.05, 0.1) is 11.3 Å². The lowest BCUT2D eigenvalue weighted by molar-refractivity contribution is -0.137. The van der Waals surface area contributed by atoms with Crippen LogP contribution >= 0.6 is 11.3 Å². The van der Waals surface area contributed by atoms with Gasteiger partial charge >= 0.3 is 6.18 Å². The monoisotopic (exact) mass is 513 g/mol. The number of halogens is 3. The van der Waals surface area contributed by atoms with Crippen LogP contribution in [0.25, 0.3) is 10.3 Å². The van der Waals surface area contributed by atoms with Gasteiger partial charge in [0.2, 0.25) is 0 Å². The number of hydrogen-bond donors (Lipinski definition) is 3. The van der Waals surface area contributed by atoms with Crippen LogP contribution in [0.15, 0.2) is 48.8 Å². The second kappa shape index (κ2) is 9.94. The van der Waals surface area contributed by atoms with Crippen molar-refractivity contribution in [1.29, 1.82) is 0 Å². The number of fused-ring (bicyclic) bond motifs is 1. The molecule has 2 aromatic carbocycles. The quantitative estimate of drug-likeness (QED) is 0.290. The van der Waals surface area contributed by atoms with Gasteiger partial charge in [-0.2, -0.15) is 13.2 Å². The first-order valence-electron chi connectivity index (χ1n) is 11.0. The third-order valence-electron chi connectivity index (χ3n) is 5.48. The number of anilines is 3. The first kappa shape index (κ1) is 25.1. The van der Waals surface area contributed by atoms with Gasteiger partial charge in [-0.15, -0.1) is 11.3 Å². The fraction of sp³-hybridized carbons (Fsp3) is 0.200. The number of nitrogens with one attached hydrogen (secondary N) is 2. The van der Waals surface area contributed by atoms with E-state index in [1.54, 1.807) is 13.0 Å². The molecule has 0 unspecified atom stereocenters. The first-order valence-corrected chi connectivity index (χ1v) is 11.8. The second-order valence-electron chi connectivity index (χ2n) is 8.12. The summed E-state index contributed by atoms with van der Waals surface area (Å²) >= 11 is 1.10. The molecule has 0 saturated heterocycles. The fourth-order valence-corrected chi connectivity index (χ4v) is 4.67. The van der Waals surface area contributed by atoms with Crippen molar-refractivity contribution in [2.45, 2.75) is 32.9 Å². The Morgan fingerprint density at radius 2 is 1.81 bits per heavy atom. The van der Waals surface area contributed by atoms with Crippen LogP contribution in [0, 0.1) is 6.92 Å². The summed E-state index contributed by atoms with van der Waals surface area (Å²) in [5, 5.41) is 5.33. The minimum Gasteiger partial charge on any atom is -0.396 e. The van der Waals surface area contributed by atoms with Crippen LogP contribution in [0.1, 0.15) is 50.1 Å². The van der Waals surface area contributed by atoms with Crippen molar-refractivity contribution in [2.75, 3.05) is 16.4 Å². The molecule has 4 N–H and O–H groups in total. The van der Waals surface area contributed by atoms with E-state index < -0.39 is 23.6 Å². The number of nitrogens with two attached hydrogens (primary N) is 1. The SMILES string of the molecule is CCCc1cc(C)c(NC(=O)c2sc3nccnc3c2N)cc1C(=O)Nc1cccc(C(F)(F)F)c1. The number of aryl methyl sites for hydroxylation is 2. The molecule has 0 saturated carbocycles. The number of alkyl halides is 3. The predicted molar refractivity (Wildman–Crippen MR) is 134 cm³/mol. The van der Waals surface area contributed by atoms with Crippen molar-refractivity contribution in [2.24, 2.45) is 0 Å². The number of nitrogen functional groups attached to an aromatic ring is 1. The van der Waals surface area contributed by atoms with Gasteiger partial charge in [0, 0.05) is 29.3 Å². The molecule has 0 atom stereocenters. The summed E-state index contributed by atoms with van der Waals surface area (Å²) in [5.74, 6) is -1.06. The van der Waals surface area contributed by atoms with Gasteiger partial charge in [-0.05, 0) is 48.7 Å². The Kier molecular flexibility index (Phi) is 6.93. The maximum Gasteiger partial charge on any atom is 0.416 e. The highest BCUT2D eigenvalue weighted by Crippen LogP contribution is 2.33. The van der Waals surface area contributed by atoms with Crippen molar-refractivity contribution in [3.05, 3.63) is 75.9 Å². The molecule has 0 aliphatic heterocycles. The second-order valence-corrected chi connectivity index (χ2v) is 9.12. The number of rotatable bonds is 6. The van der Waals surface area contributed by atoms with Gasteiger partial charge in [0.25, 0.3) is 11.8 Å². The summed E-state index contributed by atoms with van der Waals surface area (Å²) in [5.41, 5.74) is 7.97. The third kappa shape index (κ3) is 5.15. The van der Waals surface area contributed by atoms with E-state index in [1.165, 1.54) is 30.6 Å². The van der Waals surface area contributed by atoms with Gasteiger partial charge < -0.3 is 16.4 Å². The molecule has 4 aromatic rings. The van der Waals surface area contributed by atoms with E-state index in [0.29, 0.717) is 28.0 Å². The molecular weight excluding hydrogens is 491 g/mol. The summed E-state index contributed by atoms with van der Waals surface area (Å²) in [6, 6.07) is 7.74. The summed E-state index contributed by atoms with van der Waals surface area (Å²) in [4.78, 5) is 35.2. The highest BCUT2D eigenvalue weighted by molar-refractivity contribution is 7.21. The summed E-state index contributed by atoms with van der Waals surface area (Å²) in [6.07, 6.45) is -0.228. The number of carbonyl (C=O) groups is 2. The molecule has 186 valence electrons. The van der Waals surface area contributed by atoms with E-state index in [-0.39, 0.29) is 21.8 Å². The molecule has 11 heteroatoms. The molecule has 0 spiro atoms. The Hall–Kier alpha value is -3.99. The van der Waals surface area contributed by atoms with Crippen molar-refractivity contribution in [1.82, 2.24) is 9.97 Å². The summed E-state index contributed by atoms with van der Waals surface area (Å²) in [6.45, 7) is 3.74. The first-order chi connectivity index (χ1) is 17.1. The standard InChI is InChI=1S/C25H22F3N5O2S/c1-3-5-14-10-13(2)18(33-23(35)21-19(29)20-24(36-21)31-9-8-30-20)12-17(14)22(34)32-16-7-4-6-15(11-16)25(26,27)28/h4,6-12H,3,5,29H2,1-2H3,(H,32,34)(H,33,35). The lowest BCUT2D eigenvalue weighted by atomic mass is 9.98. The van der Waals surface area contributed by atoms with Gasteiger partial charge in [-0.3, -0.25) is 9.59 Å². The van der Waals surface area contributed by atoms with Crippen LogP contribution in [0.4, 0.5) is 30.2 Å².